The molecule has 1 heterocycles. The van der Waals surface area contributed by atoms with Crippen LogP contribution in [0.25, 0.3) is 0 Å². The zero-order chi connectivity index (χ0) is 18.4. The third-order valence-electron chi connectivity index (χ3n) is 4.13. The van der Waals surface area contributed by atoms with Crippen molar-refractivity contribution in [1.29, 1.82) is 10.8 Å². The number of likely N-dealkylation sites (tertiary alicyclic amines) is 1. The summed E-state index contributed by atoms with van der Waals surface area (Å²) in [6, 6.07) is 16.8. The minimum absolute atomic E-state index is 0.0258. The highest BCUT2D eigenvalue weighted by molar-refractivity contribution is 6.02. The van der Waals surface area contributed by atoms with Gasteiger partial charge in [0.15, 0.2) is 11.9 Å². The van der Waals surface area contributed by atoms with Gasteiger partial charge in [0.05, 0.1) is 6.10 Å². The highest BCUT2D eigenvalue weighted by Gasteiger charge is 2.19. The van der Waals surface area contributed by atoms with E-state index in [9.17, 15) is 5.11 Å². The van der Waals surface area contributed by atoms with Crippen molar-refractivity contribution in [3.8, 4) is 11.5 Å². The van der Waals surface area contributed by atoms with Gasteiger partial charge in [0.2, 0.25) is 0 Å². The van der Waals surface area contributed by atoms with E-state index in [0.29, 0.717) is 31.7 Å². The maximum absolute atomic E-state index is 9.52. The van der Waals surface area contributed by atoms with Crippen LogP contribution in [0.3, 0.4) is 0 Å². The van der Waals surface area contributed by atoms with Crippen LogP contribution in [0.2, 0.25) is 0 Å². The quantitative estimate of drug-likeness (QED) is 0.431. The molecular formula is C19H23N5O2. The molecule has 2 aromatic rings. The fraction of sp³-hybridized carbons (Fsp3) is 0.263. The summed E-state index contributed by atoms with van der Waals surface area (Å²) in [7, 11) is 0. The molecule has 26 heavy (non-hydrogen) atoms. The predicted molar refractivity (Wildman–Crippen MR) is 102 cm³/mol. The van der Waals surface area contributed by atoms with Gasteiger partial charge in [0, 0.05) is 18.8 Å². The lowest BCUT2D eigenvalue weighted by molar-refractivity contribution is 0.108. The SMILES string of the molecule is N=C(NC(=N)N1CCC(O)CC1)Nc1ccc(Oc2ccccc2)cc1. The van der Waals surface area contributed by atoms with Gasteiger partial charge in [-0.3, -0.25) is 16.1 Å². The number of nitrogens with zero attached hydrogens (tertiary/aromatic N) is 1. The van der Waals surface area contributed by atoms with Gasteiger partial charge in [-0.15, -0.1) is 0 Å². The van der Waals surface area contributed by atoms with E-state index < -0.39 is 0 Å². The molecule has 7 nitrogen and oxygen atoms in total. The Morgan fingerprint density at radius 3 is 2.23 bits per heavy atom. The second kappa shape index (κ2) is 8.35. The Morgan fingerprint density at radius 1 is 0.962 bits per heavy atom. The molecule has 0 atom stereocenters. The van der Waals surface area contributed by atoms with Crippen LogP contribution in [-0.4, -0.2) is 41.1 Å². The Morgan fingerprint density at radius 2 is 1.58 bits per heavy atom. The van der Waals surface area contributed by atoms with Gasteiger partial charge < -0.3 is 20.1 Å². The third kappa shape index (κ3) is 4.97. The van der Waals surface area contributed by atoms with Crippen molar-refractivity contribution in [2.45, 2.75) is 18.9 Å². The predicted octanol–water partition coefficient (Wildman–Crippen LogP) is 2.81. The van der Waals surface area contributed by atoms with E-state index in [0.717, 1.165) is 11.4 Å². The Kier molecular flexibility index (Phi) is 5.70. The van der Waals surface area contributed by atoms with Gasteiger partial charge in [0.25, 0.3) is 0 Å². The molecule has 3 rings (SSSR count). The number of hydrogen-bond acceptors (Lipinski definition) is 4. The smallest absolute Gasteiger partial charge is 0.199 e. The van der Waals surface area contributed by atoms with Crippen LogP contribution in [0, 0.1) is 10.8 Å². The van der Waals surface area contributed by atoms with Crippen LogP contribution in [0.5, 0.6) is 11.5 Å². The first-order valence-electron chi connectivity index (χ1n) is 8.57. The van der Waals surface area contributed by atoms with Crippen molar-refractivity contribution < 1.29 is 9.84 Å². The van der Waals surface area contributed by atoms with E-state index in [1.165, 1.54) is 0 Å². The van der Waals surface area contributed by atoms with Crippen LogP contribution >= 0.6 is 0 Å². The maximum Gasteiger partial charge on any atom is 0.199 e. The van der Waals surface area contributed by atoms with Crippen LogP contribution in [0.4, 0.5) is 5.69 Å². The molecule has 0 unspecified atom stereocenters. The first-order valence-corrected chi connectivity index (χ1v) is 8.57. The van der Waals surface area contributed by atoms with E-state index in [-0.39, 0.29) is 18.0 Å². The lowest BCUT2D eigenvalue weighted by Crippen LogP contribution is -2.49. The average molecular weight is 353 g/mol. The zero-order valence-electron chi connectivity index (χ0n) is 14.4. The largest absolute Gasteiger partial charge is 0.457 e. The number of aliphatic hydroxyl groups is 1. The molecule has 0 spiro atoms. The second-order valence-electron chi connectivity index (χ2n) is 6.13. The Labute approximate surface area is 152 Å². The summed E-state index contributed by atoms with van der Waals surface area (Å²) < 4.78 is 5.73. The van der Waals surface area contributed by atoms with Gasteiger partial charge in [0.1, 0.15) is 11.5 Å². The van der Waals surface area contributed by atoms with Gasteiger partial charge in [-0.2, -0.15) is 0 Å². The lowest BCUT2D eigenvalue weighted by atomic mass is 10.1. The Hall–Kier alpha value is -3.06. The number of ether oxygens (including phenoxy) is 1. The first kappa shape index (κ1) is 17.8. The third-order valence-corrected chi connectivity index (χ3v) is 4.13. The summed E-state index contributed by atoms with van der Waals surface area (Å²) in [6.07, 6.45) is 1.01. The number of piperidine rings is 1. The first-order chi connectivity index (χ1) is 12.6. The van der Waals surface area contributed by atoms with Crippen molar-refractivity contribution in [1.82, 2.24) is 10.2 Å². The molecule has 0 aromatic heterocycles. The van der Waals surface area contributed by atoms with E-state index in [1.54, 1.807) is 0 Å². The van der Waals surface area contributed by atoms with E-state index in [2.05, 4.69) is 10.6 Å². The number of guanidine groups is 2. The van der Waals surface area contributed by atoms with Gasteiger partial charge in [-0.25, -0.2) is 0 Å². The van der Waals surface area contributed by atoms with Crippen molar-refractivity contribution in [3.63, 3.8) is 0 Å². The van der Waals surface area contributed by atoms with E-state index >= 15 is 0 Å². The fourth-order valence-electron chi connectivity index (χ4n) is 2.69. The summed E-state index contributed by atoms with van der Waals surface area (Å²) in [4.78, 5) is 1.82. The molecule has 2 aromatic carbocycles. The van der Waals surface area contributed by atoms with Crippen LogP contribution in [0.15, 0.2) is 54.6 Å². The fourth-order valence-corrected chi connectivity index (χ4v) is 2.69. The molecule has 0 radical (unpaired) electrons. The standard InChI is InChI=1S/C19H23N5O2/c20-18(23-19(21)24-12-10-15(25)11-13-24)22-14-6-8-17(9-7-14)26-16-4-2-1-3-5-16/h1-9,15,25H,10-13H2,(H4,20,21,22,23). The highest BCUT2D eigenvalue weighted by Crippen LogP contribution is 2.22. The molecule has 1 aliphatic rings. The number of hydrogen-bond donors (Lipinski definition) is 5. The van der Waals surface area contributed by atoms with Crippen molar-refractivity contribution in [2.75, 3.05) is 18.4 Å². The summed E-state index contributed by atoms with van der Waals surface area (Å²) in [5.74, 6) is 1.67. The monoisotopic (exact) mass is 353 g/mol. The maximum atomic E-state index is 9.52. The molecule has 1 fully saturated rings. The number of anilines is 1. The number of nitrogens with one attached hydrogen (secondary N) is 4. The van der Waals surface area contributed by atoms with Gasteiger partial charge in [-0.05, 0) is 49.2 Å². The van der Waals surface area contributed by atoms with E-state index in [1.807, 2.05) is 59.5 Å². The van der Waals surface area contributed by atoms with Crippen molar-refractivity contribution in [2.24, 2.45) is 0 Å². The molecule has 0 amide bonds. The number of rotatable bonds is 3. The number of aliphatic hydroxyl groups excluding tert-OH is 1. The average Bonchev–Trinajstić information content (AvgIpc) is 2.64. The minimum atomic E-state index is -0.284. The highest BCUT2D eigenvalue weighted by atomic mass is 16.5. The van der Waals surface area contributed by atoms with Crippen molar-refractivity contribution >= 4 is 17.6 Å². The Bertz CT molecular complexity index is 740. The van der Waals surface area contributed by atoms with Crippen LogP contribution < -0.4 is 15.4 Å². The minimum Gasteiger partial charge on any atom is -0.457 e. The second-order valence-corrected chi connectivity index (χ2v) is 6.13. The summed E-state index contributed by atoms with van der Waals surface area (Å²) in [5, 5.41) is 31.2. The Balaban J connectivity index is 1.49. The summed E-state index contributed by atoms with van der Waals surface area (Å²) in [5.41, 5.74) is 0.727. The topological polar surface area (TPSA) is 104 Å². The molecule has 1 aliphatic heterocycles. The molecule has 5 N–H and O–H groups in total. The van der Waals surface area contributed by atoms with Gasteiger partial charge >= 0.3 is 0 Å². The van der Waals surface area contributed by atoms with Gasteiger partial charge in [-0.1, -0.05) is 18.2 Å². The van der Waals surface area contributed by atoms with Crippen molar-refractivity contribution in [3.05, 3.63) is 54.6 Å². The molecule has 0 aliphatic carbocycles. The summed E-state index contributed by atoms with van der Waals surface area (Å²) in [6.45, 7) is 1.23. The molecule has 1 saturated heterocycles. The normalized spacial score (nSPS) is 14.6. The molecular weight excluding hydrogens is 330 g/mol. The number of benzene rings is 2. The lowest BCUT2D eigenvalue weighted by Gasteiger charge is -2.31. The zero-order valence-corrected chi connectivity index (χ0v) is 14.4. The van der Waals surface area contributed by atoms with Crippen LogP contribution in [-0.2, 0) is 0 Å². The van der Waals surface area contributed by atoms with Crippen LogP contribution in [0.1, 0.15) is 12.8 Å². The molecule has 0 saturated carbocycles. The molecule has 7 heteroatoms. The summed E-state index contributed by atoms with van der Waals surface area (Å²) >= 11 is 0. The van der Waals surface area contributed by atoms with E-state index in [4.69, 9.17) is 15.6 Å². The number of para-hydroxylation sites is 1. The molecule has 0 bridgehead atoms. The molecule has 136 valence electrons.